The minimum Gasteiger partial charge on any atom is -0.481 e. The summed E-state index contributed by atoms with van der Waals surface area (Å²) in [5.74, 6) is -2.34. The normalized spacial score (nSPS) is 17.9. The Kier molecular flexibility index (Phi) is 3.94. The van der Waals surface area contributed by atoms with Gasteiger partial charge in [-0.1, -0.05) is 18.9 Å². The quantitative estimate of drug-likeness (QED) is 0.889. The smallest absolute Gasteiger partial charge is 0.303 e. The number of hydrogen-bond donors (Lipinski definition) is 1. The summed E-state index contributed by atoms with van der Waals surface area (Å²) in [6.45, 7) is 0. The van der Waals surface area contributed by atoms with Crippen LogP contribution in [0.2, 0.25) is 0 Å². The number of carboxylic acid groups (broad SMARTS) is 1. The van der Waals surface area contributed by atoms with E-state index in [1.165, 1.54) is 12.1 Å². The summed E-state index contributed by atoms with van der Waals surface area (Å²) in [4.78, 5) is 10.9. The standard InChI is InChI=1S/C14H16F2O2/c15-10-5-6-11(13(16)7-10)12(8-14(17)18)9-3-1-2-4-9/h5-7,9,12H,1-4,8H2,(H,17,18). The number of halogens is 2. The Morgan fingerprint density at radius 3 is 2.56 bits per heavy atom. The molecule has 1 N–H and O–H groups in total. The molecule has 1 aliphatic rings. The average molecular weight is 254 g/mol. The first kappa shape index (κ1) is 13.0. The number of benzene rings is 1. The Morgan fingerprint density at radius 2 is 2.00 bits per heavy atom. The topological polar surface area (TPSA) is 37.3 Å². The fourth-order valence-electron chi connectivity index (χ4n) is 2.88. The molecule has 0 bridgehead atoms. The van der Waals surface area contributed by atoms with E-state index in [4.69, 9.17) is 5.11 Å². The predicted molar refractivity (Wildman–Crippen MR) is 63.3 cm³/mol. The van der Waals surface area contributed by atoms with Gasteiger partial charge >= 0.3 is 5.97 Å². The zero-order valence-electron chi connectivity index (χ0n) is 10.0. The molecule has 98 valence electrons. The fraction of sp³-hybridized carbons (Fsp3) is 0.500. The summed E-state index contributed by atoms with van der Waals surface area (Å²) >= 11 is 0. The lowest BCUT2D eigenvalue weighted by Crippen LogP contribution is -2.16. The van der Waals surface area contributed by atoms with Crippen molar-refractivity contribution in [3.63, 3.8) is 0 Å². The molecule has 1 aromatic carbocycles. The number of rotatable bonds is 4. The van der Waals surface area contributed by atoms with E-state index in [2.05, 4.69) is 0 Å². The molecule has 4 heteroatoms. The van der Waals surface area contributed by atoms with Crippen molar-refractivity contribution in [1.82, 2.24) is 0 Å². The van der Waals surface area contributed by atoms with Gasteiger partial charge in [0, 0.05) is 12.0 Å². The lowest BCUT2D eigenvalue weighted by Gasteiger charge is -2.22. The van der Waals surface area contributed by atoms with E-state index >= 15 is 0 Å². The minimum absolute atomic E-state index is 0.0901. The van der Waals surface area contributed by atoms with Crippen LogP contribution >= 0.6 is 0 Å². The average Bonchev–Trinajstić information content (AvgIpc) is 2.79. The Labute approximate surface area is 105 Å². The van der Waals surface area contributed by atoms with Gasteiger partial charge in [0.15, 0.2) is 0 Å². The molecule has 0 spiro atoms. The van der Waals surface area contributed by atoms with Gasteiger partial charge in [0.25, 0.3) is 0 Å². The van der Waals surface area contributed by atoms with Crippen LogP contribution in [0.5, 0.6) is 0 Å². The molecule has 0 heterocycles. The number of aliphatic carboxylic acids is 1. The Morgan fingerprint density at radius 1 is 1.33 bits per heavy atom. The molecule has 1 aliphatic carbocycles. The van der Waals surface area contributed by atoms with Crippen LogP contribution in [0.15, 0.2) is 18.2 Å². The van der Waals surface area contributed by atoms with Gasteiger partial charge in [-0.05, 0) is 30.4 Å². The lowest BCUT2D eigenvalue weighted by atomic mass is 9.82. The van der Waals surface area contributed by atoms with Crippen LogP contribution in [-0.4, -0.2) is 11.1 Å². The molecule has 2 nitrogen and oxygen atoms in total. The van der Waals surface area contributed by atoms with Crippen molar-refractivity contribution in [2.24, 2.45) is 5.92 Å². The predicted octanol–water partition coefficient (Wildman–Crippen LogP) is 3.71. The van der Waals surface area contributed by atoms with Crippen LogP contribution in [0, 0.1) is 17.6 Å². The molecule has 1 saturated carbocycles. The van der Waals surface area contributed by atoms with E-state index < -0.39 is 17.6 Å². The Balaban J connectivity index is 2.29. The van der Waals surface area contributed by atoms with Crippen LogP contribution in [0.25, 0.3) is 0 Å². The summed E-state index contributed by atoms with van der Waals surface area (Å²) in [6.07, 6.45) is 3.88. The minimum atomic E-state index is -0.935. The monoisotopic (exact) mass is 254 g/mol. The summed E-state index contributed by atoms with van der Waals surface area (Å²) in [7, 11) is 0. The zero-order chi connectivity index (χ0) is 13.1. The second-order valence-electron chi connectivity index (χ2n) is 4.91. The third kappa shape index (κ3) is 2.86. The lowest BCUT2D eigenvalue weighted by molar-refractivity contribution is -0.137. The van der Waals surface area contributed by atoms with Crippen LogP contribution in [0.3, 0.4) is 0 Å². The highest BCUT2D eigenvalue weighted by molar-refractivity contribution is 5.68. The molecule has 0 aromatic heterocycles. The van der Waals surface area contributed by atoms with Crippen molar-refractivity contribution >= 4 is 5.97 Å². The number of carbonyl (C=O) groups is 1. The van der Waals surface area contributed by atoms with Crippen molar-refractivity contribution in [2.75, 3.05) is 0 Å². The molecule has 0 saturated heterocycles. The Bertz CT molecular complexity index is 439. The molecule has 18 heavy (non-hydrogen) atoms. The first-order valence-corrected chi connectivity index (χ1v) is 6.24. The van der Waals surface area contributed by atoms with E-state index in [1.807, 2.05) is 0 Å². The molecule has 1 aromatic rings. The highest BCUT2D eigenvalue weighted by Gasteiger charge is 2.30. The molecular formula is C14H16F2O2. The van der Waals surface area contributed by atoms with Crippen molar-refractivity contribution in [1.29, 1.82) is 0 Å². The van der Waals surface area contributed by atoms with Crippen molar-refractivity contribution in [3.05, 3.63) is 35.4 Å². The van der Waals surface area contributed by atoms with Gasteiger partial charge in [0.1, 0.15) is 11.6 Å². The second kappa shape index (κ2) is 5.46. The van der Waals surface area contributed by atoms with Crippen LogP contribution in [0.1, 0.15) is 43.6 Å². The summed E-state index contributed by atoms with van der Waals surface area (Å²) in [5.41, 5.74) is 0.339. The molecule has 1 unspecified atom stereocenters. The van der Waals surface area contributed by atoms with E-state index in [0.717, 1.165) is 31.7 Å². The first-order valence-electron chi connectivity index (χ1n) is 6.24. The van der Waals surface area contributed by atoms with Crippen molar-refractivity contribution < 1.29 is 18.7 Å². The molecule has 2 rings (SSSR count). The van der Waals surface area contributed by atoms with E-state index in [1.54, 1.807) is 0 Å². The molecule has 1 atom stereocenters. The largest absolute Gasteiger partial charge is 0.481 e. The second-order valence-corrected chi connectivity index (χ2v) is 4.91. The number of carboxylic acids is 1. The van der Waals surface area contributed by atoms with Crippen LogP contribution in [0.4, 0.5) is 8.78 Å². The first-order chi connectivity index (χ1) is 8.58. The Hall–Kier alpha value is -1.45. The van der Waals surface area contributed by atoms with Crippen molar-refractivity contribution in [3.8, 4) is 0 Å². The van der Waals surface area contributed by atoms with Gasteiger partial charge in [-0.15, -0.1) is 0 Å². The van der Waals surface area contributed by atoms with Crippen LogP contribution in [-0.2, 0) is 4.79 Å². The fourth-order valence-corrected chi connectivity index (χ4v) is 2.88. The summed E-state index contributed by atoms with van der Waals surface area (Å²) < 4.78 is 26.7. The summed E-state index contributed by atoms with van der Waals surface area (Å²) in [5, 5.41) is 8.95. The van der Waals surface area contributed by atoms with E-state index in [-0.39, 0.29) is 18.3 Å². The summed E-state index contributed by atoms with van der Waals surface area (Å²) in [6, 6.07) is 3.41. The van der Waals surface area contributed by atoms with Gasteiger partial charge < -0.3 is 5.11 Å². The maximum Gasteiger partial charge on any atom is 0.303 e. The third-order valence-corrected chi connectivity index (χ3v) is 3.73. The maximum atomic E-state index is 13.8. The van der Waals surface area contributed by atoms with E-state index in [0.29, 0.717) is 5.56 Å². The van der Waals surface area contributed by atoms with Gasteiger partial charge in [0.2, 0.25) is 0 Å². The molecule has 1 fully saturated rings. The third-order valence-electron chi connectivity index (χ3n) is 3.73. The molecule has 0 aliphatic heterocycles. The molecular weight excluding hydrogens is 238 g/mol. The van der Waals surface area contributed by atoms with Gasteiger partial charge in [-0.3, -0.25) is 4.79 Å². The highest BCUT2D eigenvalue weighted by atomic mass is 19.1. The highest BCUT2D eigenvalue weighted by Crippen LogP contribution is 2.40. The van der Waals surface area contributed by atoms with Gasteiger partial charge in [0.05, 0.1) is 6.42 Å². The van der Waals surface area contributed by atoms with Crippen molar-refractivity contribution in [2.45, 2.75) is 38.0 Å². The van der Waals surface area contributed by atoms with E-state index in [9.17, 15) is 13.6 Å². The molecule has 0 amide bonds. The zero-order valence-corrected chi connectivity index (χ0v) is 10.0. The molecule has 0 radical (unpaired) electrons. The van der Waals surface area contributed by atoms with Gasteiger partial charge in [-0.2, -0.15) is 0 Å². The maximum absolute atomic E-state index is 13.8. The SMILES string of the molecule is O=C(O)CC(c1ccc(F)cc1F)C1CCCC1. The van der Waals surface area contributed by atoms with Gasteiger partial charge in [-0.25, -0.2) is 8.78 Å². The number of hydrogen-bond acceptors (Lipinski definition) is 1. The van der Waals surface area contributed by atoms with Crippen LogP contribution < -0.4 is 0 Å².